The van der Waals surface area contributed by atoms with Crippen LogP contribution in [0.4, 0.5) is 22.4 Å². The van der Waals surface area contributed by atoms with Crippen molar-refractivity contribution in [2.75, 3.05) is 52.4 Å². The number of nitrogens with one attached hydrogen (secondary N) is 1. The second kappa shape index (κ2) is 9.19. The van der Waals surface area contributed by atoms with Gasteiger partial charge >= 0.3 is 12.2 Å². The number of alkyl halides is 3. The van der Waals surface area contributed by atoms with Crippen LogP contribution in [0.25, 0.3) is 0 Å². The summed E-state index contributed by atoms with van der Waals surface area (Å²) in [5, 5.41) is 2.81. The minimum atomic E-state index is -4.40. The quantitative estimate of drug-likeness (QED) is 0.662. The van der Waals surface area contributed by atoms with Crippen molar-refractivity contribution in [1.29, 1.82) is 0 Å². The molecule has 5 nitrogen and oxygen atoms in total. The van der Waals surface area contributed by atoms with Gasteiger partial charge in [-0.05, 0) is 47.4 Å². The molecule has 34 heavy (non-hydrogen) atoms. The van der Waals surface area contributed by atoms with Crippen molar-refractivity contribution in [3.05, 3.63) is 70.5 Å². The van der Waals surface area contributed by atoms with Crippen LogP contribution in [0.3, 0.4) is 0 Å². The van der Waals surface area contributed by atoms with Gasteiger partial charge in [-0.25, -0.2) is 9.18 Å². The van der Waals surface area contributed by atoms with Crippen LogP contribution in [0.15, 0.2) is 42.5 Å². The predicted octanol–water partition coefficient (Wildman–Crippen LogP) is 4.06. The van der Waals surface area contributed by atoms with Crippen molar-refractivity contribution in [2.24, 2.45) is 0 Å². The number of nitrogens with zero attached hydrogens (tertiary/aromatic N) is 3. The Hall–Kier alpha value is -2.65. The number of halogens is 4. The number of fused-ring (bicyclic) bond motifs is 1. The fraction of sp³-hybridized carbons (Fsp3) is 0.480. The summed E-state index contributed by atoms with van der Waals surface area (Å²) in [6.07, 6.45) is -3.73. The van der Waals surface area contributed by atoms with Crippen LogP contribution in [0.1, 0.15) is 40.6 Å². The van der Waals surface area contributed by atoms with Crippen molar-refractivity contribution in [1.82, 2.24) is 20.0 Å². The highest BCUT2D eigenvalue weighted by atomic mass is 19.4. The molecule has 0 radical (unpaired) electrons. The maximum Gasteiger partial charge on any atom is 0.416 e. The van der Waals surface area contributed by atoms with Crippen LogP contribution in [0, 0.1) is 5.82 Å². The fourth-order valence-corrected chi connectivity index (χ4v) is 5.48. The lowest BCUT2D eigenvalue weighted by Crippen LogP contribution is -2.49. The van der Waals surface area contributed by atoms with Gasteiger partial charge < -0.3 is 10.2 Å². The lowest BCUT2D eigenvalue weighted by atomic mass is 9.92. The normalized spacial score (nSPS) is 23.9. The number of carbonyl (C=O) groups excluding carboxylic acids is 1. The second-order valence-corrected chi connectivity index (χ2v) is 9.29. The molecule has 2 fully saturated rings. The number of rotatable bonds is 5. The summed E-state index contributed by atoms with van der Waals surface area (Å²) in [6, 6.07) is 10.2. The van der Waals surface area contributed by atoms with Crippen molar-refractivity contribution in [2.45, 2.75) is 24.6 Å². The summed E-state index contributed by atoms with van der Waals surface area (Å²) in [5.41, 5.74) is 1.82. The average Bonchev–Trinajstić information content (AvgIpc) is 3.41. The molecule has 2 aromatic carbocycles. The molecular formula is C25H28F4N4O. The molecule has 9 heteroatoms. The van der Waals surface area contributed by atoms with Crippen LogP contribution in [0.2, 0.25) is 0 Å². The molecule has 0 aromatic heterocycles. The van der Waals surface area contributed by atoms with E-state index in [0.29, 0.717) is 25.1 Å². The smallest absolute Gasteiger partial charge is 0.336 e. The molecule has 2 unspecified atom stereocenters. The van der Waals surface area contributed by atoms with Gasteiger partial charge in [0, 0.05) is 64.3 Å². The third kappa shape index (κ3) is 4.63. The van der Waals surface area contributed by atoms with Crippen molar-refractivity contribution in [3.63, 3.8) is 0 Å². The van der Waals surface area contributed by atoms with Crippen molar-refractivity contribution in [3.8, 4) is 0 Å². The highest BCUT2D eigenvalue weighted by molar-refractivity contribution is 5.76. The number of hydrogen-bond acceptors (Lipinski definition) is 3. The van der Waals surface area contributed by atoms with Gasteiger partial charge in [-0.2, -0.15) is 13.2 Å². The Bertz CT molecular complexity index is 1030. The SMILES string of the molecule is O=C1NCCN1CCN1CCN(C2CC(c3ccc(F)cc3)c3cc(C(F)(F)F)ccc32)CC1. The molecule has 2 heterocycles. The highest BCUT2D eigenvalue weighted by Gasteiger charge is 2.39. The maximum atomic E-state index is 13.5. The zero-order valence-corrected chi connectivity index (χ0v) is 18.8. The van der Waals surface area contributed by atoms with E-state index in [1.54, 1.807) is 18.2 Å². The maximum absolute atomic E-state index is 13.5. The van der Waals surface area contributed by atoms with E-state index in [1.165, 1.54) is 24.3 Å². The molecule has 2 aromatic rings. The molecule has 2 aliphatic heterocycles. The zero-order chi connectivity index (χ0) is 23.9. The molecule has 0 bridgehead atoms. The summed E-state index contributed by atoms with van der Waals surface area (Å²) >= 11 is 0. The van der Waals surface area contributed by atoms with Gasteiger partial charge in [-0.1, -0.05) is 18.2 Å². The molecule has 1 N–H and O–H groups in total. The summed E-state index contributed by atoms with van der Waals surface area (Å²) in [6.45, 7) is 6.27. The Morgan fingerprint density at radius 1 is 0.912 bits per heavy atom. The first-order chi connectivity index (χ1) is 16.3. The Kier molecular flexibility index (Phi) is 6.24. The molecule has 0 spiro atoms. The number of hydrogen-bond donors (Lipinski definition) is 1. The van der Waals surface area contributed by atoms with Crippen LogP contribution < -0.4 is 5.32 Å². The Labute approximate surface area is 196 Å². The molecule has 0 saturated carbocycles. The summed E-state index contributed by atoms with van der Waals surface area (Å²) < 4.78 is 53.8. The topological polar surface area (TPSA) is 38.8 Å². The lowest BCUT2D eigenvalue weighted by Gasteiger charge is -2.39. The van der Waals surface area contributed by atoms with E-state index in [9.17, 15) is 22.4 Å². The molecule has 182 valence electrons. The first-order valence-corrected chi connectivity index (χ1v) is 11.8. The van der Waals surface area contributed by atoms with E-state index in [-0.39, 0.29) is 23.8 Å². The van der Waals surface area contributed by atoms with E-state index in [4.69, 9.17) is 0 Å². The van der Waals surface area contributed by atoms with Gasteiger partial charge in [0.2, 0.25) is 0 Å². The minimum absolute atomic E-state index is 0.00809. The van der Waals surface area contributed by atoms with Gasteiger partial charge in [0.05, 0.1) is 5.56 Å². The van der Waals surface area contributed by atoms with Gasteiger partial charge in [0.1, 0.15) is 5.82 Å². The molecule has 1 aliphatic carbocycles. The molecular weight excluding hydrogens is 448 g/mol. The van der Waals surface area contributed by atoms with Crippen molar-refractivity contribution < 1.29 is 22.4 Å². The van der Waals surface area contributed by atoms with Gasteiger partial charge in [-0.15, -0.1) is 0 Å². The summed E-state index contributed by atoms with van der Waals surface area (Å²) in [7, 11) is 0. The zero-order valence-electron chi connectivity index (χ0n) is 18.8. The molecule has 5 rings (SSSR count). The Morgan fingerprint density at radius 2 is 1.65 bits per heavy atom. The monoisotopic (exact) mass is 476 g/mol. The van der Waals surface area contributed by atoms with Crippen LogP contribution in [0.5, 0.6) is 0 Å². The highest BCUT2D eigenvalue weighted by Crippen LogP contribution is 2.48. The standard InChI is InChI=1S/C25H28F4N4O/c26-19-4-1-17(2-5-19)21-16-23(20-6-3-18(15-22(20)21)25(27,28)29)32-12-9-31(10-13-32)11-14-33-8-7-30-24(33)34/h1-6,15,21,23H,7-14,16H2,(H,30,34). The van der Waals surface area contributed by atoms with Crippen molar-refractivity contribution >= 4 is 6.03 Å². The number of piperazine rings is 1. The van der Waals surface area contributed by atoms with Crippen LogP contribution in [-0.4, -0.2) is 73.1 Å². The number of carbonyl (C=O) groups is 1. The van der Waals surface area contributed by atoms with Crippen LogP contribution >= 0.6 is 0 Å². The predicted molar refractivity (Wildman–Crippen MR) is 120 cm³/mol. The molecule has 2 atom stereocenters. The first-order valence-electron chi connectivity index (χ1n) is 11.8. The third-order valence-electron chi connectivity index (χ3n) is 7.36. The second-order valence-electron chi connectivity index (χ2n) is 9.29. The Balaban J connectivity index is 1.31. The summed E-state index contributed by atoms with van der Waals surface area (Å²) in [5.74, 6) is -0.556. The Morgan fingerprint density at radius 3 is 2.29 bits per heavy atom. The largest absolute Gasteiger partial charge is 0.416 e. The van der Waals surface area contributed by atoms with E-state index in [2.05, 4.69) is 15.1 Å². The number of amides is 2. The molecule has 3 aliphatic rings. The molecule has 2 saturated heterocycles. The number of urea groups is 1. The van der Waals surface area contributed by atoms with E-state index in [1.807, 2.05) is 4.90 Å². The lowest BCUT2D eigenvalue weighted by molar-refractivity contribution is -0.137. The minimum Gasteiger partial charge on any atom is -0.336 e. The third-order valence-corrected chi connectivity index (χ3v) is 7.36. The average molecular weight is 477 g/mol. The van der Waals surface area contributed by atoms with E-state index >= 15 is 0 Å². The number of benzene rings is 2. The first kappa shape index (κ1) is 23.1. The van der Waals surface area contributed by atoms with E-state index < -0.39 is 11.7 Å². The van der Waals surface area contributed by atoms with Gasteiger partial charge in [0.15, 0.2) is 0 Å². The van der Waals surface area contributed by atoms with E-state index in [0.717, 1.165) is 50.4 Å². The van der Waals surface area contributed by atoms with Gasteiger partial charge in [0.25, 0.3) is 0 Å². The molecule has 2 amide bonds. The van der Waals surface area contributed by atoms with Gasteiger partial charge in [-0.3, -0.25) is 9.80 Å². The van der Waals surface area contributed by atoms with Crippen LogP contribution in [-0.2, 0) is 6.18 Å². The fourth-order valence-electron chi connectivity index (χ4n) is 5.48. The summed E-state index contributed by atoms with van der Waals surface area (Å²) in [4.78, 5) is 18.3.